The molecule has 3 rings (SSSR count). The third-order valence-electron chi connectivity index (χ3n) is 5.64. The summed E-state index contributed by atoms with van der Waals surface area (Å²) < 4.78 is 26.5. The van der Waals surface area contributed by atoms with Gasteiger partial charge in [-0.25, -0.2) is 8.78 Å². The molecule has 0 aromatic rings. The summed E-state index contributed by atoms with van der Waals surface area (Å²) in [6.45, 7) is 4.59. The van der Waals surface area contributed by atoms with E-state index >= 15 is 0 Å². The standard InChI is InChI=1S/C16H27F2N3O2/c1-19-6-8-20(9-7-19)13-10-21(11-14(13)22)15(23)12-2-4-16(17,18)5-3-12/h12-14,22H,2-11H2,1H3/t13-,14-/m1/s1. The number of piperazine rings is 1. The zero-order chi connectivity index (χ0) is 16.6. The van der Waals surface area contributed by atoms with Crippen LogP contribution in [0, 0.1) is 5.92 Å². The average Bonchev–Trinajstić information content (AvgIpc) is 2.89. The summed E-state index contributed by atoms with van der Waals surface area (Å²) in [5.41, 5.74) is 0. The molecule has 7 heteroatoms. The number of alkyl halides is 2. The number of likely N-dealkylation sites (tertiary alicyclic amines) is 1. The molecule has 2 atom stereocenters. The highest BCUT2D eigenvalue weighted by Crippen LogP contribution is 2.37. The lowest BCUT2D eigenvalue weighted by atomic mass is 9.86. The van der Waals surface area contributed by atoms with Gasteiger partial charge in [0, 0.05) is 58.0 Å². The Balaban J connectivity index is 1.55. The van der Waals surface area contributed by atoms with Crippen molar-refractivity contribution in [3.05, 3.63) is 0 Å². The van der Waals surface area contributed by atoms with E-state index < -0.39 is 12.0 Å². The maximum absolute atomic E-state index is 13.2. The Morgan fingerprint density at radius 2 is 1.70 bits per heavy atom. The first-order valence-corrected chi connectivity index (χ1v) is 8.63. The number of nitrogens with zero attached hydrogens (tertiary/aromatic N) is 3. The number of β-amino-alcohol motifs (C(OH)–C–C–N with tert-alkyl or cyclic N) is 1. The molecule has 3 fully saturated rings. The van der Waals surface area contributed by atoms with E-state index in [1.165, 1.54) is 0 Å². The molecule has 0 radical (unpaired) electrons. The highest BCUT2D eigenvalue weighted by molar-refractivity contribution is 5.79. The first kappa shape index (κ1) is 17.0. The van der Waals surface area contributed by atoms with Gasteiger partial charge in [0.15, 0.2) is 0 Å². The van der Waals surface area contributed by atoms with Crippen molar-refractivity contribution in [2.45, 2.75) is 43.8 Å². The largest absolute Gasteiger partial charge is 0.390 e. The highest BCUT2D eigenvalue weighted by atomic mass is 19.3. The number of hydrogen-bond donors (Lipinski definition) is 1. The van der Waals surface area contributed by atoms with Crippen molar-refractivity contribution in [2.24, 2.45) is 5.92 Å². The molecule has 0 spiro atoms. The number of aliphatic hydroxyl groups excluding tert-OH is 1. The lowest BCUT2D eigenvalue weighted by molar-refractivity contribution is -0.139. The summed E-state index contributed by atoms with van der Waals surface area (Å²) in [5, 5.41) is 10.3. The van der Waals surface area contributed by atoms with Crippen molar-refractivity contribution in [1.82, 2.24) is 14.7 Å². The average molecular weight is 331 g/mol. The third kappa shape index (κ3) is 3.83. The summed E-state index contributed by atoms with van der Waals surface area (Å²) in [4.78, 5) is 18.8. The number of rotatable bonds is 2. The number of hydrogen-bond acceptors (Lipinski definition) is 4. The quantitative estimate of drug-likeness (QED) is 0.806. The van der Waals surface area contributed by atoms with E-state index in [0.29, 0.717) is 13.1 Å². The molecule has 1 aliphatic carbocycles. The van der Waals surface area contributed by atoms with Crippen molar-refractivity contribution in [3.8, 4) is 0 Å². The smallest absolute Gasteiger partial charge is 0.248 e. The first-order valence-electron chi connectivity index (χ1n) is 8.63. The van der Waals surface area contributed by atoms with Crippen LogP contribution in [0.1, 0.15) is 25.7 Å². The molecular formula is C16H27F2N3O2. The Kier molecular flexibility index (Phi) is 4.90. The van der Waals surface area contributed by atoms with Crippen LogP contribution in [0.3, 0.4) is 0 Å². The number of amides is 1. The van der Waals surface area contributed by atoms with Crippen LogP contribution >= 0.6 is 0 Å². The molecule has 2 saturated heterocycles. The van der Waals surface area contributed by atoms with Crippen molar-refractivity contribution in [3.63, 3.8) is 0 Å². The minimum Gasteiger partial charge on any atom is -0.390 e. The summed E-state index contributed by atoms with van der Waals surface area (Å²) in [6, 6.07) is -0.0160. The Hall–Kier alpha value is -0.790. The van der Waals surface area contributed by atoms with Crippen LogP contribution in [-0.4, -0.2) is 90.1 Å². The van der Waals surface area contributed by atoms with Crippen LogP contribution in [0.2, 0.25) is 0 Å². The predicted molar refractivity (Wildman–Crippen MR) is 82.3 cm³/mol. The van der Waals surface area contributed by atoms with Gasteiger partial charge in [-0.1, -0.05) is 0 Å². The SMILES string of the molecule is CN1CCN([C@@H]2CN(C(=O)C3CCC(F)(F)CC3)C[C@H]2O)CC1. The van der Waals surface area contributed by atoms with Gasteiger partial charge < -0.3 is 14.9 Å². The van der Waals surface area contributed by atoms with Crippen LogP contribution in [0.15, 0.2) is 0 Å². The third-order valence-corrected chi connectivity index (χ3v) is 5.64. The molecule has 23 heavy (non-hydrogen) atoms. The molecule has 0 unspecified atom stereocenters. The summed E-state index contributed by atoms with van der Waals surface area (Å²) in [5.74, 6) is -2.95. The van der Waals surface area contributed by atoms with Crippen LogP contribution in [-0.2, 0) is 4.79 Å². The van der Waals surface area contributed by atoms with Crippen LogP contribution in [0.25, 0.3) is 0 Å². The molecule has 2 aliphatic heterocycles. The summed E-state index contributed by atoms with van der Waals surface area (Å²) in [7, 11) is 2.08. The molecule has 0 aromatic heterocycles. The second-order valence-electron chi connectivity index (χ2n) is 7.35. The number of halogens is 2. The Bertz CT molecular complexity index is 431. The zero-order valence-electron chi connectivity index (χ0n) is 13.8. The van der Waals surface area contributed by atoms with E-state index in [1.807, 2.05) is 0 Å². The van der Waals surface area contributed by atoms with Gasteiger partial charge in [0.2, 0.25) is 11.8 Å². The predicted octanol–water partition coefficient (Wildman–Crippen LogP) is 0.631. The van der Waals surface area contributed by atoms with Gasteiger partial charge in [0.1, 0.15) is 0 Å². The van der Waals surface area contributed by atoms with Gasteiger partial charge in [0.25, 0.3) is 0 Å². The Morgan fingerprint density at radius 3 is 2.30 bits per heavy atom. The van der Waals surface area contributed by atoms with Crippen molar-refractivity contribution < 1.29 is 18.7 Å². The number of aliphatic hydroxyl groups is 1. The second-order valence-corrected chi connectivity index (χ2v) is 7.35. The monoisotopic (exact) mass is 331 g/mol. The van der Waals surface area contributed by atoms with Gasteiger partial charge in [-0.2, -0.15) is 0 Å². The van der Waals surface area contributed by atoms with Crippen molar-refractivity contribution in [1.29, 1.82) is 0 Å². The van der Waals surface area contributed by atoms with E-state index in [9.17, 15) is 18.7 Å². The van der Waals surface area contributed by atoms with Gasteiger partial charge in [-0.3, -0.25) is 9.69 Å². The van der Waals surface area contributed by atoms with Gasteiger partial charge in [0.05, 0.1) is 12.1 Å². The normalized spacial score (nSPS) is 34.0. The molecule has 1 saturated carbocycles. The molecular weight excluding hydrogens is 304 g/mol. The van der Waals surface area contributed by atoms with Gasteiger partial charge in [-0.05, 0) is 19.9 Å². The lowest BCUT2D eigenvalue weighted by Gasteiger charge is -2.37. The topological polar surface area (TPSA) is 47.0 Å². The maximum atomic E-state index is 13.2. The van der Waals surface area contributed by atoms with Crippen LogP contribution in [0.5, 0.6) is 0 Å². The molecule has 132 valence electrons. The van der Waals surface area contributed by atoms with Crippen LogP contribution in [0.4, 0.5) is 8.78 Å². The fraction of sp³-hybridized carbons (Fsp3) is 0.938. The zero-order valence-corrected chi connectivity index (χ0v) is 13.8. The molecule has 1 amide bonds. The number of carbonyl (C=O) groups is 1. The van der Waals surface area contributed by atoms with Gasteiger partial charge >= 0.3 is 0 Å². The minimum atomic E-state index is -2.61. The first-order chi connectivity index (χ1) is 10.9. The van der Waals surface area contributed by atoms with Crippen LogP contribution < -0.4 is 0 Å². The fourth-order valence-electron chi connectivity index (χ4n) is 4.01. The van der Waals surface area contributed by atoms with Crippen molar-refractivity contribution >= 4 is 5.91 Å². The number of carbonyl (C=O) groups excluding carboxylic acids is 1. The Labute approximate surface area is 136 Å². The van der Waals surface area contributed by atoms with Gasteiger partial charge in [-0.15, -0.1) is 0 Å². The molecule has 1 N–H and O–H groups in total. The molecule has 5 nitrogen and oxygen atoms in total. The molecule has 2 heterocycles. The molecule has 0 bridgehead atoms. The van der Waals surface area contributed by atoms with E-state index in [1.54, 1.807) is 4.90 Å². The second kappa shape index (κ2) is 6.61. The molecule has 3 aliphatic rings. The summed E-state index contributed by atoms with van der Waals surface area (Å²) >= 11 is 0. The maximum Gasteiger partial charge on any atom is 0.248 e. The Morgan fingerprint density at radius 1 is 1.09 bits per heavy atom. The van der Waals surface area contributed by atoms with Crippen molar-refractivity contribution in [2.75, 3.05) is 46.3 Å². The fourth-order valence-corrected chi connectivity index (χ4v) is 4.01. The highest BCUT2D eigenvalue weighted by Gasteiger charge is 2.43. The molecule has 0 aromatic carbocycles. The van der Waals surface area contributed by atoms with E-state index in [-0.39, 0.29) is 43.6 Å². The minimum absolute atomic E-state index is 0.0160. The lowest BCUT2D eigenvalue weighted by Crippen LogP contribution is -2.52. The van der Waals surface area contributed by atoms with E-state index in [4.69, 9.17) is 0 Å². The van der Waals surface area contributed by atoms with E-state index in [0.717, 1.165) is 26.2 Å². The number of likely N-dealkylation sites (N-methyl/N-ethyl adjacent to an activating group) is 1. The summed E-state index contributed by atoms with van der Waals surface area (Å²) in [6.07, 6.45) is -0.397. The van der Waals surface area contributed by atoms with E-state index in [2.05, 4.69) is 16.8 Å².